The Bertz CT molecular complexity index is 1240. The van der Waals surface area contributed by atoms with Gasteiger partial charge in [-0.05, 0) is 42.0 Å². The maximum Gasteiger partial charge on any atom is 0.238 e. The number of nitrogens with one attached hydrogen (secondary N) is 1. The lowest BCUT2D eigenvalue weighted by molar-refractivity contribution is 0.597. The number of benzene rings is 2. The van der Waals surface area contributed by atoms with E-state index in [1.807, 2.05) is 48.5 Å². The van der Waals surface area contributed by atoms with Gasteiger partial charge >= 0.3 is 0 Å². The highest BCUT2D eigenvalue weighted by Crippen LogP contribution is 2.15. The molecule has 0 radical (unpaired) electrons. The summed E-state index contributed by atoms with van der Waals surface area (Å²) in [5.74, 6) is 1.39. The van der Waals surface area contributed by atoms with E-state index in [1.54, 1.807) is 23.0 Å². The molecule has 0 spiro atoms. The summed E-state index contributed by atoms with van der Waals surface area (Å²) in [6.45, 7) is 1.06. The summed E-state index contributed by atoms with van der Waals surface area (Å²) >= 11 is 0. The summed E-state index contributed by atoms with van der Waals surface area (Å²) in [6, 6.07) is 22.0. The van der Waals surface area contributed by atoms with Crippen LogP contribution < -0.4 is 10.5 Å². The molecule has 0 atom stereocenters. The fraction of sp³-hybridized carbons (Fsp3) is 0.136. The third kappa shape index (κ3) is 5.40. The van der Waals surface area contributed by atoms with Crippen molar-refractivity contribution >= 4 is 10.0 Å². The lowest BCUT2D eigenvalue weighted by Crippen LogP contribution is -2.17. The average molecular weight is 435 g/mol. The number of rotatable bonds is 8. The number of primary sulfonamides is 1. The van der Waals surface area contributed by atoms with Gasteiger partial charge in [0, 0.05) is 19.2 Å². The molecule has 0 aliphatic rings. The third-order valence-electron chi connectivity index (χ3n) is 4.65. The van der Waals surface area contributed by atoms with Gasteiger partial charge in [-0.25, -0.2) is 23.2 Å². The van der Waals surface area contributed by atoms with Crippen molar-refractivity contribution in [3.8, 4) is 5.69 Å². The van der Waals surface area contributed by atoms with Crippen LogP contribution in [-0.2, 0) is 29.5 Å². The molecule has 9 heteroatoms. The highest BCUT2D eigenvalue weighted by Gasteiger charge is 2.14. The summed E-state index contributed by atoms with van der Waals surface area (Å²) in [7, 11) is -3.76. The minimum absolute atomic E-state index is 0.0516. The molecule has 2 aromatic heterocycles. The quantitative estimate of drug-likeness (QED) is 0.439. The fourth-order valence-electron chi connectivity index (χ4n) is 3.15. The first kappa shape index (κ1) is 20.9. The molecule has 31 heavy (non-hydrogen) atoms. The Balaban J connectivity index is 1.59. The van der Waals surface area contributed by atoms with E-state index in [4.69, 9.17) is 10.1 Å². The number of aromatic nitrogens is 4. The van der Waals surface area contributed by atoms with Gasteiger partial charge in [0.15, 0.2) is 5.82 Å². The standard InChI is InChI=1S/C22H22N6O2S/c23-31(29,30)20-11-9-19(10-12-20)28-22(16-24-15-18-8-4-5-13-25-18)26-21(27-28)14-17-6-2-1-3-7-17/h1-13,24H,14-16H2,(H2,23,29,30). The molecule has 0 fully saturated rings. The van der Waals surface area contributed by atoms with E-state index in [1.165, 1.54) is 12.1 Å². The Morgan fingerprint density at radius 3 is 2.32 bits per heavy atom. The zero-order valence-corrected chi connectivity index (χ0v) is 17.5. The van der Waals surface area contributed by atoms with Crippen molar-refractivity contribution < 1.29 is 8.42 Å². The van der Waals surface area contributed by atoms with Crippen LogP contribution in [-0.4, -0.2) is 28.2 Å². The van der Waals surface area contributed by atoms with Crippen LogP contribution in [0.5, 0.6) is 0 Å². The van der Waals surface area contributed by atoms with Gasteiger partial charge in [-0.1, -0.05) is 36.4 Å². The van der Waals surface area contributed by atoms with Crippen LogP contribution in [0, 0.1) is 0 Å². The highest BCUT2D eigenvalue weighted by atomic mass is 32.2. The predicted molar refractivity (Wildman–Crippen MR) is 117 cm³/mol. The minimum atomic E-state index is -3.76. The van der Waals surface area contributed by atoms with E-state index in [0.717, 1.165) is 11.3 Å². The molecule has 4 aromatic rings. The maximum atomic E-state index is 11.6. The average Bonchev–Trinajstić information content (AvgIpc) is 3.17. The smallest absolute Gasteiger partial charge is 0.238 e. The van der Waals surface area contributed by atoms with Crippen LogP contribution in [0.1, 0.15) is 22.9 Å². The molecule has 4 rings (SSSR count). The number of hydrogen-bond donors (Lipinski definition) is 2. The van der Waals surface area contributed by atoms with Crippen molar-refractivity contribution in [3.63, 3.8) is 0 Å². The predicted octanol–water partition coefficient (Wildman–Crippen LogP) is 2.19. The van der Waals surface area contributed by atoms with E-state index < -0.39 is 10.0 Å². The Kier molecular flexibility index (Phi) is 6.17. The van der Waals surface area contributed by atoms with Crippen LogP contribution in [0.25, 0.3) is 5.69 Å². The second-order valence-corrected chi connectivity index (χ2v) is 8.54. The Labute approximate surface area is 180 Å². The van der Waals surface area contributed by atoms with Crippen molar-refractivity contribution in [2.75, 3.05) is 0 Å². The van der Waals surface area contributed by atoms with Crippen LogP contribution in [0.15, 0.2) is 83.9 Å². The van der Waals surface area contributed by atoms with Gasteiger partial charge in [-0.2, -0.15) is 5.10 Å². The Hall–Kier alpha value is -3.40. The largest absolute Gasteiger partial charge is 0.304 e. The van der Waals surface area contributed by atoms with Gasteiger partial charge in [0.05, 0.1) is 22.8 Å². The van der Waals surface area contributed by atoms with Crippen LogP contribution in [0.3, 0.4) is 0 Å². The van der Waals surface area contributed by atoms with Gasteiger partial charge in [-0.3, -0.25) is 4.98 Å². The SMILES string of the molecule is NS(=O)(=O)c1ccc(-n2nc(Cc3ccccc3)nc2CNCc2ccccn2)cc1. The first-order chi connectivity index (χ1) is 15.0. The van der Waals surface area contributed by atoms with Gasteiger partial charge in [-0.15, -0.1) is 0 Å². The van der Waals surface area contributed by atoms with Crippen molar-refractivity contribution in [2.24, 2.45) is 5.14 Å². The molecule has 2 heterocycles. The van der Waals surface area contributed by atoms with Crippen molar-refractivity contribution in [1.29, 1.82) is 0 Å². The number of hydrogen-bond acceptors (Lipinski definition) is 6. The fourth-order valence-corrected chi connectivity index (χ4v) is 3.66. The summed E-state index contributed by atoms with van der Waals surface area (Å²) in [4.78, 5) is 9.07. The summed E-state index contributed by atoms with van der Waals surface area (Å²) in [6.07, 6.45) is 2.35. The van der Waals surface area contributed by atoms with Gasteiger partial charge in [0.1, 0.15) is 5.82 Å². The zero-order chi connectivity index (χ0) is 21.7. The second kappa shape index (κ2) is 9.17. The van der Waals surface area contributed by atoms with Gasteiger partial charge < -0.3 is 5.32 Å². The molecule has 2 aromatic carbocycles. The van der Waals surface area contributed by atoms with E-state index in [0.29, 0.717) is 36.8 Å². The first-order valence-corrected chi connectivity index (χ1v) is 11.3. The summed E-state index contributed by atoms with van der Waals surface area (Å²) in [5.41, 5.74) is 2.74. The van der Waals surface area contributed by atoms with Crippen LogP contribution >= 0.6 is 0 Å². The van der Waals surface area contributed by atoms with E-state index >= 15 is 0 Å². The molecule has 0 aliphatic carbocycles. The van der Waals surface area contributed by atoms with Crippen molar-refractivity contribution in [1.82, 2.24) is 25.1 Å². The van der Waals surface area contributed by atoms with E-state index in [-0.39, 0.29) is 4.90 Å². The molecular weight excluding hydrogens is 412 g/mol. The lowest BCUT2D eigenvalue weighted by Gasteiger charge is -2.08. The number of nitrogens with two attached hydrogens (primary N) is 1. The molecule has 8 nitrogen and oxygen atoms in total. The molecule has 0 unspecified atom stereocenters. The highest BCUT2D eigenvalue weighted by molar-refractivity contribution is 7.89. The van der Waals surface area contributed by atoms with Crippen LogP contribution in [0.4, 0.5) is 0 Å². The zero-order valence-electron chi connectivity index (χ0n) is 16.7. The Morgan fingerprint density at radius 2 is 1.65 bits per heavy atom. The van der Waals surface area contributed by atoms with Crippen molar-refractivity contribution in [2.45, 2.75) is 24.4 Å². The van der Waals surface area contributed by atoms with Crippen LogP contribution in [0.2, 0.25) is 0 Å². The monoisotopic (exact) mass is 434 g/mol. The maximum absolute atomic E-state index is 11.6. The summed E-state index contributed by atoms with van der Waals surface area (Å²) in [5, 5.41) is 13.2. The molecule has 158 valence electrons. The first-order valence-electron chi connectivity index (χ1n) is 9.72. The Morgan fingerprint density at radius 1 is 0.903 bits per heavy atom. The minimum Gasteiger partial charge on any atom is -0.304 e. The van der Waals surface area contributed by atoms with Crippen molar-refractivity contribution in [3.05, 3.63) is 102 Å². The normalized spacial score (nSPS) is 11.5. The van der Waals surface area contributed by atoms with Gasteiger partial charge in [0.25, 0.3) is 0 Å². The van der Waals surface area contributed by atoms with E-state index in [9.17, 15) is 8.42 Å². The molecule has 0 aliphatic heterocycles. The molecule has 0 saturated carbocycles. The number of nitrogens with zero attached hydrogens (tertiary/aromatic N) is 4. The molecule has 0 saturated heterocycles. The number of sulfonamides is 1. The molecule has 3 N–H and O–H groups in total. The third-order valence-corrected chi connectivity index (χ3v) is 5.58. The van der Waals surface area contributed by atoms with Gasteiger partial charge in [0.2, 0.25) is 10.0 Å². The molecular formula is C22H22N6O2S. The lowest BCUT2D eigenvalue weighted by atomic mass is 10.1. The molecule has 0 bridgehead atoms. The van der Waals surface area contributed by atoms with E-state index in [2.05, 4.69) is 15.4 Å². The molecule has 0 amide bonds. The topological polar surface area (TPSA) is 116 Å². The number of pyridine rings is 1. The summed E-state index contributed by atoms with van der Waals surface area (Å²) < 4.78 is 24.8. The second-order valence-electron chi connectivity index (χ2n) is 6.98.